The van der Waals surface area contributed by atoms with Crippen LogP contribution in [0, 0.1) is 5.82 Å². The van der Waals surface area contributed by atoms with Crippen LogP contribution in [0.2, 0.25) is 0 Å². The first-order chi connectivity index (χ1) is 10.7. The van der Waals surface area contributed by atoms with E-state index in [2.05, 4.69) is 10.6 Å². The lowest BCUT2D eigenvalue weighted by Crippen LogP contribution is -2.29. The van der Waals surface area contributed by atoms with E-state index in [9.17, 15) is 9.18 Å². The number of carbonyl (C=O) groups is 1. The number of rotatable bonds is 6. The third-order valence-electron chi connectivity index (χ3n) is 3.12. The van der Waals surface area contributed by atoms with Gasteiger partial charge in [0.2, 0.25) is 0 Å². The van der Waals surface area contributed by atoms with Crippen LogP contribution in [0.5, 0.6) is 0 Å². The Kier molecular flexibility index (Phi) is 5.91. The topological polar surface area (TPSA) is 50.4 Å². The number of para-hydroxylation sites is 1. The van der Waals surface area contributed by atoms with Crippen molar-refractivity contribution < 1.29 is 13.9 Å². The molecule has 0 unspecified atom stereocenters. The van der Waals surface area contributed by atoms with Crippen molar-refractivity contribution in [3.8, 4) is 0 Å². The van der Waals surface area contributed by atoms with Crippen LogP contribution in [0.25, 0.3) is 0 Å². The van der Waals surface area contributed by atoms with Crippen molar-refractivity contribution in [2.75, 3.05) is 11.9 Å². The van der Waals surface area contributed by atoms with Gasteiger partial charge in [0, 0.05) is 30.0 Å². The van der Waals surface area contributed by atoms with Crippen molar-refractivity contribution in [1.29, 1.82) is 0 Å². The lowest BCUT2D eigenvalue weighted by atomic mass is 10.2. The largest absolute Gasteiger partial charge is 0.377 e. The average molecular weight is 302 g/mol. The van der Waals surface area contributed by atoms with Crippen LogP contribution in [0.15, 0.2) is 48.5 Å². The molecule has 2 amide bonds. The molecule has 0 aliphatic heterocycles. The Hall–Kier alpha value is -2.40. The van der Waals surface area contributed by atoms with Crippen LogP contribution in [0.1, 0.15) is 18.1 Å². The highest BCUT2D eigenvalue weighted by atomic mass is 19.1. The summed E-state index contributed by atoms with van der Waals surface area (Å²) < 4.78 is 18.8. The van der Waals surface area contributed by atoms with Gasteiger partial charge < -0.3 is 15.4 Å². The molecule has 0 radical (unpaired) electrons. The summed E-state index contributed by atoms with van der Waals surface area (Å²) in [5, 5.41) is 5.40. The fraction of sp³-hybridized carbons (Fsp3) is 0.235. The van der Waals surface area contributed by atoms with Crippen LogP contribution in [0.4, 0.5) is 14.9 Å². The standard InChI is InChI=1S/C17H19FN2O2/c1-2-22-12-14-8-4-6-10-16(14)20-17(21)19-11-13-7-3-5-9-15(13)18/h3-10H,2,11-12H2,1H3,(H2,19,20,21). The molecule has 22 heavy (non-hydrogen) atoms. The summed E-state index contributed by atoms with van der Waals surface area (Å²) >= 11 is 0. The second-order valence-electron chi connectivity index (χ2n) is 4.69. The predicted molar refractivity (Wildman–Crippen MR) is 84.0 cm³/mol. The Morgan fingerprint density at radius 2 is 1.77 bits per heavy atom. The number of carbonyl (C=O) groups excluding carboxylic acids is 1. The summed E-state index contributed by atoms with van der Waals surface area (Å²) in [6, 6.07) is 13.4. The second kappa shape index (κ2) is 8.14. The second-order valence-corrected chi connectivity index (χ2v) is 4.69. The summed E-state index contributed by atoms with van der Waals surface area (Å²) in [7, 11) is 0. The third kappa shape index (κ3) is 4.56. The van der Waals surface area contributed by atoms with Gasteiger partial charge in [0.1, 0.15) is 5.82 Å². The van der Waals surface area contributed by atoms with Gasteiger partial charge in [0.15, 0.2) is 0 Å². The molecular weight excluding hydrogens is 283 g/mol. The van der Waals surface area contributed by atoms with Crippen LogP contribution in [0.3, 0.4) is 0 Å². The fourth-order valence-electron chi connectivity index (χ4n) is 1.96. The van der Waals surface area contributed by atoms with E-state index >= 15 is 0 Å². The summed E-state index contributed by atoms with van der Waals surface area (Å²) in [6.45, 7) is 3.08. The Morgan fingerprint density at radius 1 is 1.09 bits per heavy atom. The number of nitrogens with one attached hydrogen (secondary N) is 2. The van der Waals surface area contributed by atoms with Crippen LogP contribution in [-0.2, 0) is 17.9 Å². The van der Waals surface area contributed by atoms with Crippen LogP contribution < -0.4 is 10.6 Å². The van der Waals surface area contributed by atoms with Crippen molar-refractivity contribution in [3.63, 3.8) is 0 Å². The third-order valence-corrected chi connectivity index (χ3v) is 3.12. The van der Waals surface area contributed by atoms with Gasteiger partial charge in [-0.05, 0) is 19.1 Å². The van der Waals surface area contributed by atoms with Crippen molar-refractivity contribution in [3.05, 3.63) is 65.5 Å². The number of amides is 2. The molecule has 0 aromatic heterocycles. The normalized spacial score (nSPS) is 10.3. The first kappa shape index (κ1) is 16.0. The molecule has 0 heterocycles. The molecule has 2 aromatic carbocycles. The van der Waals surface area contributed by atoms with E-state index < -0.39 is 0 Å². The molecule has 2 rings (SSSR count). The molecule has 2 aromatic rings. The maximum Gasteiger partial charge on any atom is 0.319 e. The van der Waals surface area contributed by atoms with Crippen molar-refractivity contribution in [2.24, 2.45) is 0 Å². The van der Waals surface area contributed by atoms with Gasteiger partial charge in [-0.1, -0.05) is 36.4 Å². The minimum absolute atomic E-state index is 0.131. The molecule has 4 nitrogen and oxygen atoms in total. The molecule has 0 aliphatic rings. The summed E-state index contributed by atoms with van der Waals surface area (Å²) in [5.41, 5.74) is 2.02. The van der Waals surface area contributed by atoms with Crippen molar-refractivity contribution >= 4 is 11.7 Å². The monoisotopic (exact) mass is 302 g/mol. The SMILES string of the molecule is CCOCc1ccccc1NC(=O)NCc1ccccc1F. The smallest absolute Gasteiger partial charge is 0.319 e. The first-order valence-electron chi connectivity index (χ1n) is 7.14. The Labute approximate surface area is 129 Å². The zero-order valence-electron chi connectivity index (χ0n) is 12.4. The number of benzene rings is 2. The summed E-state index contributed by atoms with van der Waals surface area (Å²) in [6.07, 6.45) is 0. The molecular formula is C17H19FN2O2. The molecule has 5 heteroatoms. The highest BCUT2D eigenvalue weighted by Gasteiger charge is 2.07. The van der Waals surface area contributed by atoms with Gasteiger partial charge in [-0.2, -0.15) is 0 Å². The Bertz CT molecular complexity index is 632. The maximum absolute atomic E-state index is 13.5. The zero-order valence-corrected chi connectivity index (χ0v) is 12.4. The lowest BCUT2D eigenvalue weighted by molar-refractivity contribution is 0.134. The number of anilines is 1. The van der Waals surface area contributed by atoms with Gasteiger partial charge in [-0.3, -0.25) is 0 Å². The quantitative estimate of drug-likeness (QED) is 0.855. The van der Waals surface area contributed by atoms with E-state index in [0.717, 1.165) is 5.56 Å². The number of hydrogen-bond donors (Lipinski definition) is 2. The number of halogens is 1. The molecule has 0 bridgehead atoms. The minimum atomic E-state index is -0.382. The molecule has 0 saturated heterocycles. The van der Waals surface area contributed by atoms with Crippen molar-refractivity contribution in [1.82, 2.24) is 5.32 Å². The van der Waals surface area contributed by atoms with Gasteiger partial charge in [-0.15, -0.1) is 0 Å². The van der Waals surface area contributed by atoms with Gasteiger partial charge >= 0.3 is 6.03 Å². The maximum atomic E-state index is 13.5. The molecule has 0 spiro atoms. The summed E-state index contributed by atoms with van der Waals surface area (Å²) in [4.78, 5) is 11.9. The molecule has 0 aliphatic carbocycles. The molecule has 0 fully saturated rings. The average Bonchev–Trinajstić information content (AvgIpc) is 2.53. The Morgan fingerprint density at radius 3 is 2.50 bits per heavy atom. The molecule has 116 valence electrons. The van der Waals surface area contributed by atoms with Gasteiger partial charge in [0.05, 0.1) is 6.61 Å². The van der Waals surface area contributed by atoms with Gasteiger partial charge in [0.25, 0.3) is 0 Å². The van der Waals surface area contributed by atoms with Crippen LogP contribution >= 0.6 is 0 Å². The summed E-state index contributed by atoms with van der Waals surface area (Å²) in [5.74, 6) is -0.334. The predicted octanol–water partition coefficient (Wildman–Crippen LogP) is 3.68. The molecule has 0 saturated carbocycles. The van der Waals surface area contributed by atoms with Gasteiger partial charge in [-0.25, -0.2) is 9.18 Å². The zero-order chi connectivity index (χ0) is 15.8. The highest BCUT2D eigenvalue weighted by molar-refractivity contribution is 5.90. The van der Waals surface area contributed by atoms with E-state index in [1.807, 2.05) is 25.1 Å². The van der Waals surface area contributed by atoms with Crippen LogP contribution in [-0.4, -0.2) is 12.6 Å². The molecule has 2 N–H and O–H groups in total. The fourth-order valence-corrected chi connectivity index (χ4v) is 1.96. The Balaban J connectivity index is 1.93. The highest BCUT2D eigenvalue weighted by Crippen LogP contribution is 2.16. The van der Waals surface area contributed by atoms with Crippen molar-refractivity contribution in [2.45, 2.75) is 20.1 Å². The minimum Gasteiger partial charge on any atom is -0.377 e. The first-order valence-corrected chi connectivity index (χ1v) is 7.14. The number of ether oxygens (including phenoxy) is 1. The number of hydrogen-bond acceptors (Lipinski definition) is 2. The number of urea groups is 1. The van der Waals surface area contributed by atoms with E-state index in [1.165, 1.54) is 6.07 Å². The lowest BCUT2D eigenvalue weighted by Gasteiger charge is -2.12. The molecule has 0 atom stereocenters. The van der Waals surface area contributed by atoms with E-state index in [4.69, 9.17) is 4.74 Å². The van der Waals surface area contributed by atoms with E-state index in [0.29, 0.717) is 24.5 Å². The van der Waals surface area contributed by atoms with E-state index in [-0.39, 0.29) is 18.4 Å². The van der Waals surface area contributed by atoms with E-state index in [1.54, 1.807) is 24.3 Å².